The fourth-order valence-corrected chi connectivity index (χ4v) is 3.27. The highest BCUT2D eigenvalue weighted by atomic mass is 16.2. The molecular weight excluding hydrogens is 435 g/mol. The third kappa shape index (κ3) is 11.7. The molecule has 0 unspecified atom stereocenters. The second kappa shape index (κ2) is 14.9. The SMILES string of the molecule is [B][C@H](CC(C)C)NC(=O)[C@H](Cc1ccccc1)NC(=O)[C@H](CCCNC(N)=O)NC(=O)[C@H](C)N. The lowest BCUT2D eigenvalue weighted by atomic mass is 9.87. The van der Waals surface area contributed by atoms with E-state index in [-0.39, 0.29) is 25.3 Å². The molecule has 2 radical (unpaired) electrons. The number of primary amides is 1. The van der Waals surface area contributed by atoms with Crippen LogP contribution in [0.5, 0.6) is 0 Å². The second-order valence-electron chi connectivity index (χ2n) is 8.78. The Balaban J connectivity index is 2.97. The summed E-state index contributed by atoms with van der Waals surface area (Å²) in [5.74, 6) is -1.74. The van der Waals surface area contributed by atoms with E-state index in [1.165, 1.54) is 6.92 Å². The van der Waals surface area contributed by atoms with E-state index in [0.29, 0.717) is 12.8 Å². The van der Waals surface area contributed by atoms with Crippen molar-refractivity contribution in [2.45, 2.75) is 70.5 Å². The Bertz CT molecular complexity index is 806. The molecule has 0 saturated carbocycles. The average Bonchev–Trinajstić information content (AvgIpc) is 2.74. The monoisotopic (exact) mass is 472 g/mol. The number of hydrogen-bond donors (Lipinski definition) is 6. The number of nitrogens with one attached hydrogen (secondary N) is 4. The zero-order valence-corrected chi connectivity index (χ0v) is 20.2. The van der Waals surface area contributed by atoms with Gasteiger partial charge in [0, 0.05) is 13.0 Å². The first-order valence-electron chi connectivity index (χ1n) is 11.5. The van der Waals surface area contributed by atoms with Gasteiger partial charge in [0.15, 0.2) is 0 Å². The van der Waals surface area contributed by atoms with Crippen molar-refractivity contribution in [2.24, 2.45) is 17.4 Å². The summed E-state index contributed by atoms with van der Waals surface area (Å²) in [4.78, 5) is 49.1. The molecule has 0 fully saturated rings. The van der Waals surface area contributed by atoms with Crippen molar-refractivity contribution in [2.75, 3.05) is 6.54 Å². The van der Waals surface area contributed by atoms with Crippen molar-refractivity contribution < 1.29 is 19.2 Å². The van der Waals surface area contributed by atoms with Gasteiger partial charge >= 0.3 is 6.03 Å². The summed E-state index contributed by atoms with van der Waals surface area (Å²) in [5.41, 5.74) is 11.5. The van der Waals surface area contributed by atoms with Gasteiger partial charge < -0.3 is 32.7 Å². The first kappa shape index (κ1) is 29.0. The molecule has 4 atom stereocenters. The van der Waals surface area contributed by atoms with Crippen LogP contribution < -0.4 is 32.7 Å². The average molecular weight is 472 g/mol. The Morgan fingerprint density at radius 2 is 1.50 bits per heavy atom. The Labute approximate surface area is 202 Å². The lowest BCUT2D eigenvalue weighted by Crippen LogP contribution is -2.57. The second-order valence-corrected chi connectivity index (χ2v) is 8.78. The van der Waals surface area contributed by atoms with Crippen LogP contribution in [0.25, 0.3) is 0 Å². The predicted octanol–water partition coefficient (Wildman–Crippen LogP) is -0.349. The molecule has 0 heterocycles. The molecule has 0 bridgehead atoms. The van der Waals surface area contributed by atoms with Crippen LogP contribution in [-0.2, 0) is 20.8 Å². The number of carbonyl (C=O) groups is 4. The molecule has 1 rings (SSSR count). The smallest absolute Gasteiger partial charge is 0.312 e. The van der Waals surface area contributed by atoms with Gasteiger partial charge in [0.1, 0.15) is 12.1 Å². The predicted molar refractivity (Wildman–Crippen MR) is 132 cm³/mol. The molecule has 1 aromatic rings. The minimum absolute atomic E-state index is 0.205. The molecule has 11 heteroatoms. The number of rotatable bonds is 14. The fraction of sp³-hybridized carbons (Fsp3) is 0.565. The summed E-state index contributed by atoms with van der Waals surface area (Å²) < 4.78 is 0. The van der Waals surface area contributed by atoms with E-state index in [9.17, 15) is 19.2 Å². The van der Waals surface area contributed by atoms with E-state index in [4.69, 9.17) is 19.3 Å². The molecule has 0 aliphatic carbocycles. The van der Waals surface area contributed by atoms with Gasteiger partial charge in [-0.3, -0.25) is 14.4 Å². The number of urea groups is 1. The van der Waals surface area contributed by atoms with Crippen LogP contribution in [0.3, 0.4) is 0 Å². The van der Waals surface area contributed by atoms with Crippen LogP contribution in [0.1, 0.15) is 45.6 Å². The number of amides is 5. The van der Waals surface area contributed by atoms with Gasteiger partial charge in [0.05, 0.1) is 13.9 Å². The van der Waals surface area contributed by atoms with Gasteiger partial charge in [0.2, 0.25) is 17.7 Å². The van der Waals surface area contributed by atoms with Crippen LogP contribution in [-0.4, -0.2) is 62.2 Å². The highest BCUT2D eigenvalue weighted by Gasteiger charge is 2.28. The van der Waals surface area contributed by atoms with Crippen LogP contribution in [0.2, 0.25) is 0 Å². The molecule has 186 valence electrons. The van der Waals surface area contributed by atoms with Crippen LogP contribution >= 0.6 is 0 Å². The summed E-state index contributed by atoms with van der Waals surface area (Å²) in [7, 11) is 6.04. The van der Waals surface area contributed by atoms with Crippen molar-refractivity contribution in [3.63, 3.8) is 0 Å². The van der Waals surface area contributed by atoms with Gasteiger partial charge in [-0.2, -0.15) is 0 Å². The molecule has 0 spiro atoms. The Hall–Kier alpha value is -3.08. The van der Waals surface area contributed by atoms with Crippen LogP contribution in [0, 0.1) is 5.92 Å². The molecule has 34 heavy (non-hydrogen) atoms. The van der Waals surface area contributed by atoms with E-state index in [1.807, 2.05) is 44.2 Å². The highest BCUT2D eigenvalue weighted by molar-refractivity contribution is 6.13. The number of nitrogens with two attached hydrogens (primary N) is 2. The van der Waals surface area contributed by atoms with Gasteiger partial charge in [-0.25, -0.2) is 4.79 Å². The normalized spacial score (nSPS) is 14.4. The first-order chi connectivity index (χ1) is 16.0. The van der Waals surface area contributed by atoms with E-state index < -0.39 is 47.8 Å². The maximum atomic E-state index is 13.1. The Kier molecular flexibility index (Phi) is 12.7. The van der Waals surface area contributed by atoms with Crippen molar-refractivity contribution in [1.29, 1.82) is 0 Å². The summed E-state index contributed by atoms with van der Waals surface area (Å²) >= 11 is 0. The molecule has 0 aliphatic rings. The third-order valence-corrected chi connectivity index (χ3v) is 4.98. The Morgan fingerprint density at radius 3 is 2.06 bits per heavy atom. The summed E-state index contributed by atoms with van der Waals surface area (Å²) in [5, 5.41) is 10.5. The molecule has 1 aromatic carbocycles. The molecule has 0 aliphatic heterocycles. The van der Waals surface area contributed by atoms with Crippen molar-refractivity contribution >= 4 is 31.6 Å². The van der Waals surface area contributed by atoms with Gasteiger partial charge in [-0.05, 0) is 43.6 Å². The largest absolute Gasteiger partial charge is 0.360 e. The number of carbonyl (C=O) groups excluding carboxylic acids is 4. The summed E-state index contributed by atoms with van der Waals surface area (Å²) in [6, 6.07) is 5.87. The van der Waals surface area contributed by atoms with E-state index in [2.05, 4.69) is 21.3 Å². The van der Waals surface area contributed by atoms with E-state index in [0.717, 1.165) is 5.56 Å². The van der Waals surface area contributed by atoms with Crippen molar-refractivity contribution in [3.05, 3.63) is 35.9 Å². The zero-order valence-electron chi connectivity index (χ0n) is 20.2. The number of hydrogen-bond acceptors (Lipinski definition) is 5. The number of benzene rings is 1. The van der Waals surface area contributed by atoms with Crippen molar-refractivity contribution in [3.8, 4) is 0 Å². The quantitative estimate of drug-likeness (QED) is 0.160. The van der Waals surface area contributed by atoms with Gasteiger partial charge in [-0.1, -0.05) is 44.2 Å². The summed E-state index contributed by atoms with van der Waals surface area (Å²) in [6.45, 7) is 5.72. The molecule has 10 nitrogen and oxygen atoms in total. The summed E-state index contributed by atoms with van der Waals surface area (Å²) in [6.07, 6.45) is 1.40. The highest BCUT2D eigenvalue weighted by Crippen LogP contribution is 2.07. The molecule has 5 amide bonds. The molecular formula is C23H37BN6O4. The lowest BCUT2D eigenvalue weighted by molar-refractivity contribution is -0.132. The van der Waals surface area contributed by atoms with Gasteiger partial charge in [0.25, 0.3) is 0 Å². The molecule has 0 saturated heterocycles. The molecule has 8 N–H and O–H groups in total. The fourth-order valence-electron chi connectivity index (χ4n) is 3.27. The zero-order chi connectivity index (χ0) is 25.7. The molecule has 0 aromatic heterocycles. The minimum atomic E-state index is -0.955. The van der Waals surface area contributed by atoms with Crippen molar-refractivity contribution in [1.82, 2.24) is 21.3 Å². The van der Waals surface area contributed by atoms with Crippen LogP contribution in [0.4, 0.5) is 4.79 Å². The first-order valence-corrected chi connectivity index (χ1v) is 11.5. The minimum Gasteiger partial charge on any atom is -0.360 e. The van der Waals surface area contributed by atoms with E-state index in [1.54, 1.807) is 0 Å². The maximum Gasteiger partial charge on any atom is 0.312 e. The maximum absolute atomic E-state index is 13.1. The van der Waals surface area contributed by atoms with Crippen LogP contribution in [0.15, 0.2) is 30.3 Å². The van der Waals surface area contributed by atoms with Gasteiger partial charge in [-0.15, -0.1) is 0 Å². The third-order valence-electron chi connectivity index (χ3n) is 4.98. The van der Waals surface area contributed by atoms with E-state index >= 15 is 0 Å². The topological polar surface area (TPSA) is 168 Å². The standard InChI is InChI=1S/C23H37BN6O4/c1-14(2)12-19(24)30-22(33)18(13-16-8-5-4-6-9-16)29-21(32)17(28-20(31)15(3)25)10-7-11-27-23(26)34/h4-6,8-9,14-15,17-19H,7,10-13,25H2,1-3H3,(H,28,31)(H,29,32)(H,30,33)(H3,26,27,34)/t15-,17-,18-,19-/m0/s1. The lowest BCUT2D eigenvalue weighted by Gasteiger charge is -2.25. The Morgan fingerprint density at radius 1 is 0.912 bits per heavy atom.